The van der Waals surface area contributed by atoms with Gasteiger partial charge in [0.1, 0.15) is 0 Å². The Balaban J connectivity index is 2.74. The number of hydrogen-bond acceptors (Lipinski definition) is 4. The number of hydrogen-bond donors (Lipinski definition) is 2. The lowest BCUT2D eigenvalue weighted by Crippen LogP contribution is -2.34. The molecule has 0 aliphatic heterocycles. The maximum atomic E-state index is 12.2. The molecule has 0 bridgehead atoms. The minimum Gasteiger partial charge on any atom is -0.320 e. The van der Waals surface area contributed by atoms with Gasteiger partial charge in [-0.1, -0.05) is 31.8 Å². The van der Waals surface area contributed by atoms with Crippen LogP contribution in [0.4, 0.5) is 0 Å². The van der Waals surface area contributed by atoms with Gasteiger partial charge in [-0.15, -0.1) is 0 Å². The number of nitrogens with one attached hydrogen (secondary N) is 1. The van der Waals surface area contributed by atoms with E-state index in [-0.39, 0.29) is 11.4 Å². The maximum absolute atomic E-state index is 12.2. The van der Waals surface area contributed by atoms with E-state index in [1.807, 2.05) is 0 Å². The highest BCUT2D eigenvalue weighted by atomic mass is 32.2. The van der Waals surface area contributed by atoms with Crippen molar-refractivity contribution in [3.63, 3.8) is 0 Å². The Bertz CT molecular complexity index is 599. The van der Waals surface area contributed by atoms with Crippen molar-refractivity contribution >= 4 is 10.0 Å². The molecule has 3 N–H and O–H groups in total. The number of rotatable bonds is 7. The number of nitrogens with two attached hydrogens (primary N) is 1. The van der Waals surface area contributed by atoms with E-state index in [2.05, 4.69) is 35.3 Å². The summed E-state index contributed by atoms with van der Waals surface area (Å²) in [4.78, 5) is 2.39. The molecule has 116 valence electrons. The van der Waals surface area contributed by atoms with Crippen molar-refractivity contribution in [2.75, 3.05) is 32.7 Å². The van der Waals surface area contributed by atoms with Gasteiger partial charge in [0.2, 0.25) is 10.0 Å². The lowest BCUT2D eigenvalue weighted by molar-refractivity contribution is 0.309. The van der Waals surface area contributed by atoms with Crippen LogP contribution in [0, 0.1) is 11.8 Å². The summed E-state index contributed by atoms with van der Waals surface area (Å²) in [7, 11) is -3.50. The molecule has 1 aromatic carbocycles. The Hall–Kier alpha value is -1.39. The van der Waals surface area contributed by atoms with Gasteiger partial charge in [0.25, 0.3) is 0 Å². The summed E-state index contributed by atoms with van der Waals surface area (Å²) < 4.78 is 27.0. The second-order valence-electron chi connectivity index (χ2n) is 4.46. The van der Waals surface area contributed by atoms with Gasteiger partial charge < -0.3 is 10.6 Å². The topological polar surface area (TPSA) is 75.4 Å². The summed E-state index contributed by atoms with van der Waals surface area (Å²) in [5.41, 5.74) is 5.96. The normalized spacial score (nSPS) is 11.2. The number of benzene rings is 1. The van der Waals surface area contributed by atoms with Crippen molar-refractivity contribution in [3.05, 3.63) is 29.8 Å². The SMILES string of the molecule is CCN(CC)CCNS(=O)(=O)c1cccc(C#CCN)c1. The van der Waals surface area contributed by atoms with Crippen molar-refractivity contribution < 1.29 is 8.42 Å². The van der Waals surface area contributed by atoms with Gasteiger partial charge in [-0.3, -0.25) is 0 Å². The van der Waals surface area contributed by atoms with E-state index < -0.39 is 10.0 Å². The van der Waals surface area contributed by atoms with Crippen LogP contribution >= 0.6 is 0 Å². The first-order valence-corrected chi connectivity index (χ1v) is 8.52. The standard InChI is InChI=1S/C15H23N3O2S/c1-3-18(4-2)12-11-17-21(19,20)15-9-5-7-14(13-15)8-6-10-16/h5,7,9,13,17H,3-4,10-12,16H2,1-2H3. The van der Waals surface area contributed by atoms with Crippen LogP contribution in [-0.4, -0.2) is 46.0 Å². The molecule has 0 saturated heterocycles. The van der Waals surface area contributed by atoms with Crippen LogP contribution in [0.5, 0.6) is 0 Å². The molecule has 0 spiro atoms. The zero-order valence-electron chi connectivity index (χ0n) is 12.6. The largest absolute Gasteiger partial charge is 0.320 e. The van der Waals surface area contributed by atoms with Crippen molar-refractivity contribution in [3.8, 4) is 11.8 Å². The highest BCUT2D eigenvalue weighted by molar-refractivity contribution is 7.89. The van der Waals surface area contributed by atoms with Gasteiger partial charge in [-0.05, 0) is 31.3 Å². The molecule has 1 rings (SSSR count). The average Bonchev–Trinajstić information content (AvgIpc) is 2.50. The van der Waals surface area contributed by atoms with E-state index in [1.54, 1.807) is 24.3 Å². The smallest absolute Gasteiger partial charge is 0.240 e. The second kappa shape index (κ2) is 8.80. The summed E-state index contributed by atoms with van der Waals surface area (Å²) in [5, 5.41) is 0. The molecular formula is C15H23N3O2S. The molecular weight excluding hydrogens is 286 g/mol. The fraction of sp³-hybridized carbons (Fsp3) is 0.467. The van der Waals surface area contributed by atoms with Gasteiger partial charge in [0.15, 0.2) is 0 Å². The zero-order valence-corrected chi connectivity index (χ0v) is 13.4. The molecule has 21 heavy (non-hydrogen) atoms. The van der Waals surface area contributed by atoms with Gasteiger partial charge in [-0.2, -0.15) is 0 Å². The van der Waals surface area contributed by atoms with Gasteiger partial charge in [0, 0.05) is 18.7 Å². The summed E-state index contributed by atoms with van der Waals surface area (Å²) >= 11 is 0. The molecule has 5 nitrogen and oxygen atoms in total. The molecule has 0 saturated carbocycles. The van der Waals surface area contributed by atoms with Gasteiger partial charge >= 0.3 is 0 Å². The van der Waals surface area contributed by atoms with Gasteiger partial charge in [-0.25, -0.2) is 13.1 Å². The minimum atomic E-state index is -3.50. The van der Waals surface area contributed by atoms with E-state index in [9.17, 15) is 8.42 Å². The van der Waals surface area contributed by atoms with Crippen LogP contribution in [0.1, 0.15) is 19.4 Å². The fourth-order valence-electron chi connectivity index (χ4n) is 1.86. The highest BCUT2D eigenvalue weighted by Gasteiger charge is 2.13. The van der Waals surface area contributed by atoms with Crippen molar-refractivity contribution in [2.24, 2.45) is 5.73 Å². The summed E-state index contributed by atoms with van der Waals surface area (Å²) in [6.07, 6.45) is 0. The average molecular weight is 309 g/mol. The quantitative estimate of drug-likeness (QED) is 0.724. The fourth-order valence-corrected chi connectivity index (χ4v) is 2.92. The molecule has 0 amide bonds. The third-order valence-electron chi connectivity index (χ3n) is 3.09. The lowest BCUT2D eigenvalue weighted by Gasteiger charge is -2.18. The Morgan fingerprint density at radius 3 is 2.62 bits per heavy atom. The number of likely N-dealkylation sites (N-methyl/N-ethyl adjacent to an activating group) is 1. The molecule has 0 aromatic heterocycles. The first-order chi connectivity index (χ1) is 10.0. The van der Waals surface area contributed by atoms with E-state index in [0.29, 0.717) is 18.7 Å². The van der Waals surface area contributed by atoms with Crippen LogP contribution in [0.3, 0.4) is 0 Å². The van der Waals surface area contributed by atoms with E-state index in [1.165, 1.54) is 0 Å². The Labute approximate surface area is 127 Å². The Morgan fingerprint density at radius 2 is 2.00 bits per heavy atom. The maximum Gasteiger partial charge on any atom is 0.240 e. The van der Waals surface area contributed by atoms with E-state index in [4.69, 9.17) is 5.73 Å². The van der Waals surface area contributed by atoms with Crippen LogP contribution < -0.4 is 10.5 Å². The van der Waals surface area contributed by atoms with E-state index in [0.717, 1.165) is 13.1 Å². The first-order valence-electron chi connectivity index (χ1n) is 7.04. The van der Waals surface area contributed by atoms with Crippen LogP contribution in [-0.2, 0) is 10.0 Å². The molecule has 0 atom stereocenters. The number of sulfonamides is 1. The van der Waals surface area contributed by atoms with E-state index >= 15 is 0 Å². The number of nitrogens with zero attached hydrogens (tertiary/aromatic N) is 1. The molecule has 0 fully saturated rings. The minimum absolute atomic E-state index is 0.228. The Kier molecular flexibility index (Phi) is 7.40. The summed E-state index contributed by atoms with van der Waals surface area (Å²) in [5.74, 6) is 5.55. The molecule has 1 aromatic rings. The summed E-state index contributed by atoms with van der Waals surface area (Å²) in [6.45, 7) is 7.25. The van der Waals surface area contributed by atoms with Crippen LogP contribution in [0.15, 0.2) is 29.2 Å². The summed E-state index contributed by atoms with van der Waals surface area (Å²) in [6, 6.07) is 6.56. The molecule has 0 aliphatic carbocycles. The Morgan fingerprint density at radius 1 is 1.29 bits per heavy atom. The third-order valence-corrected chi connectivity index (χ3v) is 4.55. The van der Waals surface area contributed by atoms with Gasteiger partial charge in [0.05, 0.1) is 11.4 Å². The van der Waals surface area contributed by atoms with Crippen molar-refractivity contribution in [1.82, 2.24) is 9.62 Å². The molecule has 0 radical (unpaired) electrons. The zero-order chi connectivity index (χ0) is 15.7. The lowest BCUT2D eigenvalue weighted by atomic mass is 10.2. The van der Waals surface area contributed by atoms with Crippen LogP contribution in [0.2, 0.25) is 0 Å². The predicted molar refractivity (Wildman–Crippen MR) is 85.4 cm³/mol. The predicted octanol–water partition coefficient (Wildman–Crippen LogP) is 0.617. The van der Waals surface area contributed by atoms with Crippen LogP contribution in [0.25, 0.3) is 0 Å². The highest BCUT2D eigenvalue weighted by Crippen LogP contribution is 2.10. The van der Waals surface area contributed by atoms with Crippen molar-refractivity contribution in [1.29, 1.82) is 0 Å². The first kappa shape index (κ1) is 17.7. The third kappa shape index (κ3) is 5.86. The molecule has 0 unspecified atom stereocenters. The molecule has 6 heteroatoms. The molecule has 0 heterocycles. The monoisotopic (exact) mass is 309 g/mol. The van der Waals surface area contributed by atoms with Crippen molar-refractivity contribution in [2.45, 2.75) is 18.7 Å². The molecule has 0 aliphatic rings. The second-order valence-corrected chi connectivity index (χ2v) is 6.23.